The van der Waals surface area contributed by atoms with Crippen LogP contribution in [-0.4, -0.2) is 13.2 Å². The van der Waals surface area contributed by atoms with Crippen LogP contribution in [0, 0.1) is 5.92 Å². The molecule has 1 atom stereocenters. The van der Waals surface area contributed by atoms with E-state index in [0.717, 1.165) is 24.1 Å². The molecule has 1 aromatic carbocycles. The van der Waals surface area contributed by atoms with Crippen LogP contribution in [0.3, 0.4) is 0 Å². The third-order valence-corrected chi connectivity index (χ3v) is 3.80. The fraction of sp³-hybridized carbons (Fsp3) is 0.286. The third-order valence-electron chi connectivity index (χ3n) is 3.28. The molecule has 0 N–H and O–H groups in total. The molecule has 0 bridgehead atoms. The van der Waals surface area contributed by atoms with Crippen LogP contribution in [-0.2, 0) is 4.74 Å². The SMILES string of the molecule is Brc1ccc(C2=C3COC[C@@H]3CC=C2)cc1. The summed E-state index contributed by atoms with van der Waals surface area (Å²) in [6, 6.07) is 8.52. The van der Waals surface area contributed by atoms with Crippen LogP contribution in [0.5, 0.6) is 0 Å². The fourth-order valence-electron chi connectivity index (χ4n) is 2.41. The zero-order valence-corrected chi connectivity index (χ0v) is 10.5. The molecule has 3 rings (SSSR count). The van der Waals surface area contributed by atoms with Crippen LogP contribution >= 0.6 is 15.9 Å². The Bertz CT molecular complexity index is 456. The molecular formula is C14H13BrO. The average molecular weight is 277 g/mol. The van der Waals surface area contributed by atoms with Gasteiger partial charge in [-0.15, -0.1) is 0 Å². The van der Waals surface area contributed by atoms with Gasteiger partial charge < -0.3 is 4.74 Å². The van der Waals surface area contributed by atoms with Crippen molar-refractivity contribution in [3.05, 3.63) is 52.0 Å². The number of halogens is 1. The fourth-order valence-corrected chi connectivity index (χ4v) is 2.67. The number of fused-ring (bicyclic) bond motifs is 1. The molecule has 1 aromatic rings. The molecule has 16 heavy (non-hydrogen) atoms. The normalized spacial score (nSPS) is 23.7. The summed E-state index contributed by atoms with van der Waals surface area (Å²) in [5.41, 5.74) is 4.13. The molecular weight excluding hydrogens is 264 g/mol. The van der Waals surface area contributed by atoms with E-state index in [2.05, 4.69) is 52.3 Å². The van der Waals surface area contributed by atoms with E-state index in [1.807, 2.05) is 0 Å². The average Bonchev–Trinajstić information content (AvgIpc) is 2.78. The Balaban J connectivity index is 2.05. The second-order valence-electron chi connectivity index (χ2n) is 4.30. The quantitative estimate of drug-likeness (QED) is 0.758. The zero-order chi connectivity index (χ0) is 11.0. The molecule has 1 aliphatic heterocycles. The van der Waals surface area contributed by atoms with Crippen LogP contribution in [0.1, 0.15) is 12.0 Å². The van der Waals surface area contributed by atoms with Gasteiger partial charge in [-0.2, -0.15) is 0 Å². The van der Waals surface area contributed by atoms with Crippen LogP contribution in [0.4, 0.5) is 0 Å². The highest BCUT2D eigenvalue weighted by Crippen LogP contribution is 2.35. The Morgan fingerprint density at radius 3 is 2.81 bits per heavy atom. The van der Waals surface area contributed by atoms with Gasteiger partial charge in [0.2, 0.25) is 0 Å². The standard InChI is InChI=1S/C14H13BrO/c15-12-6-4-10(5-7-12)13-3-1-2-11-8-16-9-14(11)13/h1,3-7,11H,2,8-9H2/t11-/m0/s1. The van der Waals surface area contributed by atoms with E-state index < -0.39 is 0 Å². The smallest absolute Gasteiger partial charge is 0.0689 e. The van der Waals surface area contributed by atoms with E-state index in [1.165, 1.54) is 16.7 Å². The molecule has 1 aliphatic carbocycles. The van der Waals surface area contributed by atoms with Crippen molar-refractivity contribution in [1.82, 2.24) is 0 Å². The van der Waals surface area contributed by atoms with Gasteiger partial charge in [0.05, 0.1) is 13.2 Å². The van der Waals surface area contributed by atoms with Gasteiger partial charge in [0.15, 0.2) is 0 Å². The number of benzene rings is 1. The molecule has 0 amide bonds. The van der Waals surface area contributed by atoms with E-state index >= 15 is 0 Å². The summed E-state index contributed by atoms with van der Waals surface area (Å²) < 4.78 is 6.69. The first-order chi connectivity index (χ1) is 7.84. The number of hydrogen-bond donors (Lipinski definition) is 0. The maximum Gasteiger partial charge on any atom is 0.0689 e. The highest BCUT2D eigenvalue weighted by atomic mass is 79.9. The summed E-state index contributed by atoms with van der Waals surface area (Å²) in [5, 5.41) is 0. The minimum atomic E-state index is 0.614. The summed E-state index contributed by atoms with van der Waals surface area (Å²) in [6.07, 6.45) is 5.64. The minimum Gasteiger partial charge on any atom is -0.376 e. The number of hydrogen-bond acceptors (Lipinski definition) is 1. The molecule has 0 radical (unpaired) electrons. The molecule has 1 fully saturated rings. The lowest BCUT2D eigenvalue weighted by Crippen LogP contribution is -2.06. The Morgan fingerprint density at radius 2 is 2.00 bits per heavy atom. The summed E-state index contributed by atoms with van der Waals surface area (Å²) in [4.78, 5) is 0. The van der Waals surface area contributed by atoms with Crippen molar-refractivity contribution < 1.29 is 4.74 Å². The van der Waals surface area contributed by atoms with E-state index in [1.54, 1.807) is 0 Å². The van der Waals surface area contributed by atoms with Crippen molar-refractivity contribution in [1.29, 1.82) is 0 Å². The van der Waals surface area contributed by atoms with Crippen molar-refractivity contribution in [2.24, 2.45) is 5.92 Å². The largest absolute Gasteiger partial charge is 0.376 e. The molecule has 0 spiro atoms. The lowest BCUT2D eigenvalue weighted by atomic mass is 9.86. The van der Waals surface area contributed by atoms with Crippen molar-refractivity contribution >= 4 is 21.5 Å². The first-order valence-corrected chi connectivity index (χ1v) is 6.37. The van der Waals surface area contributed by atoms with E-state index in [-0.39, 0.29) is 0 Å². The Hall–Kier alpha value is -0.860. The van der Waals surface area contributed by atoms with Crippen LogP contribution < -0.4 is 0 Å². The minimum absolute atomic E-state index is 0.614. The highest BCUT2D eigenvalue weighted by Gasteiger charge is 2.25. The summed E-state index contributed by atoms with van der Waals surface area (Å²) in [7, 11) is 0. The molecule has 0 aromatic heterocycles. The van der Waals surface area contributed by atoms with Gasteiger partial charge in [-0.05, 0) is 35.3 Å². The predicted octanol–water partition coefficient (Wildman–Crippen LogP) is 3.81. The molecule has 2 aliphatic rings. The monoisotopic (exact) mass is 276 g/mol. The van der Waals surface area contributed by atoms with E-state index in [4.69, 9.17) is 4.74 Å². The number of allylic oxidation sites excluding steroid dienone is 3. The van der Waals surface area contributed by atoms with Crippen LogP contribution in [0.15, 0.2) is 46.5 Å². The topological polar surface area (TPSA) is 9.23 Å². The lowest BCUT2D eigenvalue weighted by Gasteiger charge is -2.17. The van der Waals surface area contributed by atoms with Gasteiger partial charge in [-0.3, -0.25) is 0 Å². The first-order valence-electron chi connectivity index (χ1n) is 5.58. The van der Waals surface area contributed by atoms with Gasteiger partial charge in [0.1, 0.15) is 0 Å². The Morgan fingerprint density at radius 1 is 1.19 bits per heavy atom. The Labute approximate surface area is 104 Å². The molecule has 82 valence electrons. The van der Waals surface area contributed by atoms with Crippen molar-refractivity contribution in [3.63, 3.8) is 0 Å². The van der Waals surface area contributed by atoms with Crippen molar-refractivity contribution in [3.8, 4) is 0 Å². The molecule has 2 heteroatoms. The predicted molar refractivity (Wildman–Crippen MR) is 69.1 cm³/mol. The molecule has 0 unspecified atom stereocenters. The van der Waals surface area contributed by atoms with Gasteiger partial charge in [-0.25, -0.2) is 0 Å². The maximum atomic E-state index is 5.56. The van der Waals surface area contributed by atoms with Crippen LogP contribution in [0.2, 0.25) is 0 Å². The molecule has 0 saturated carbocycles. The number of rotatable bonds is 1. The van der Waals surface area contributed by atoms with Crippen molar-refractivity contribution in [2.45, 2.75) is 6.42 Å². The molecule has 1 heterocycles. The first kappa shape index (κ1) is 10.3. The van der Waals surface area contributed by atoms with Gasteiger partial charge >= 0.3 is 0 Å². The Kier molecular flexibility index (Phi) is 2.70. The highest BCUT2D eigenvalue weighted by molar-refractivity contribution is 9.10. The summed E-state index contributed by atoms with van der Waals surface area (Å²) in [6.45, 7) is 1.69. The van der Waals surface area contributed by atoms with Crippen LogP contribution in [0.25, 0.3) is 5.57 Å². The second kappa shape index (κ2) is 4.19. The lowest BCUT2D eigenvalue weighted by molar-refractivity contribution is 0.189. The molecule has 1 saturated heterocycles. The second-order valence-corrected chi connectivity index (χ2v) is 5.21. The van der Waals surface area contributed by atoms with Gasteiger partial charge in [-0.1, -0.05) is 40.2 Å². The maximum absolute atomic E-state index is 5.56. The summed E-state index contributed by atoms with van der Waals surface area (Å²) >= 11 is 3.47. The van der Waals surface area contributed by atoms with Gasteiger partial charge in [0.25, 0.3) is 0 Å². The van der Waals surface area contributed by atoms with E-state index in [9.17, 15) is 0 Å². The van der Waals surface area contributed by atoms with E-state index in [0.29, 0.717) is 5.92 Å². The third kappa shape index (κ3) is 1.76. The molecule has 1 nitrogen and oxygen atoms in total. The zero-order valence-electron chi connectivity index (χ0n) is 8.95. The van der Waals surface area contributed by atoms with Gasteiger partial charge in [0, 0.05) is 10.4 Å². The van der Waals surface area contributed by atoms with Crippen molar-refractivity contribution in [2.75, 3.05) is 13.2 Å². The number of ether oxygens (including phenoxy) is 1. The summed E-state index contributed by atoms with van der Waals surface area (Å²) in [5.74, 6) is 0.614.